The third-order valence-electron chi connectivity index (χ3n) is 3.60. The molecule has 118 valence electrons. The molecule has 0 radical (unpaired) electrons. The Bertz CT molecular complexity index is 598. The molecule has 2 rings (SSSR count). The second-order valence-corrected chi connectivity index (χ2v) is 7.82. The van der Waals surface area contributed by atoms with Gasteiger partial charge in [0.15, 0.2) is 0 Å². The molecule has 1 atom stereocenters. The summed E-state index contributed by atoms with van der Waals surface area (Å²) in [5.74, 6) is 0.159. The minimum absolute atomic E-state index is 0.0417. The van der Waals surface area contributed by atoms with Crippen LogP contribution >= 0.6 is 11.3 Å². The third-order valence-corrected chi connectivity index (χ3v) is 5.39. The first-order chi connectivity index (χ1) is 9.89. The van der Waals surface area contributed by atoms with Gasteiger partial charge in [-0.25, -0.2) is 9.86 Å². The first-order valence-corrected chi connectivity index (χ1v) is 9.40. The van der Waals surface area contributed by atoms with Gasteiger partial charge in [0, 0.05) is 24.5 Å². The average molecular weight is 331 g/mol. The molecule has 1 aromatic heterocycles. The maximum absolute atomic E-state index is 12.4. The van der Waals surface area contributed by atoms with Gasteiger partial charge in [-0.05, 0) is 37.3 Å². The van der Waals surface area contributed by atoms with Crippen molar-refractivity contribution >= 4 is 27.5 Å². The van der Waals surface area contributed by atoms with Gasteiger partial charge in [0.05, 0.1) is 4.88 Å². The van der Waals surface area contributed by atoms with Crippen LogP contribution in [0.2, 0.25) is 0 Å². The fraction of sp³-hybridized carbons (Fsp3) is 0.615. The SMILES string of the molecule is CCc1ccc(C(=O)N2CCCC(CNS(N)(=O)=O)C2)s1. The number of aryl methyl sites for hydroxylation is 1. The van der Waals surface area contributed by atoms with E-state index in [4.69, 9.17) is 5.14 Å². The van der Waals surface area contributed by atoms with Gasteiger partial charge < -0.3 is 4.90 Å². The molecule has 1 aromatic rings. The molecule has 1 saturated heterocycles. The Kier molecular flexibility index (Phi) is 5.37. The second-order valence-electron chi connectivity index (χ2n) is 5.27. The van der Waals surface area contributed by atoms with E-state index in [0.717, 1.165) is 30.7 Å². The van der Waals surface area contributed by atoms with E-state index in [1.165, 1.54) is 16.2 Å². The van der Waals surface area contributed by atoms with Crippen molar-refractivity contribution in [1.29, 1.82) is 0 Å². The number of likely N-dealkylation sites (tertiary alicyclic amines) is 1. The monoisotopic (exact) mass is 331 g/mol. The number of hydrogen-bond donors (Lipinski definition) is 2. The van der Waals surface area contributed by atoms with Crippen LogP contribution in [-0.4, -0.2) is 38.9 Å². The van der Waals surface area contributed by atoms with Crippen LogP contribution in [0.5, 0.6) is 0 Å². The van der Waals surface area contributed by atoms with Crippen molar-refractivity contribution in [1.82, 2.24) is 9.62 Å². The Balaban J connectivity index is 1.95. The Morgan fingerprint density at radius 2 is 2.29 bits per heavy atom. The van der Waals surface area contributed by atoms with Gasteiger partial charge in [-0.2, -0.15) is 8.42 Å². The van der Waals surface area contributed by atoms with Crippen molar-refractivity contribution in [3.8, 4) is 0 Å². The van der Waals surface area contributed by atoms with Gasteiger partial charge in [-0.1, -0.05) is 6.92 Å². The van der Waals surface area contributed by atoms with E-state index in [-0.39, 0.29) is 18.4 Å². The number of nitrogens with zero attached hydrogens (tertiary/aromatic N) is 1. The molecule has 1 aliphatic heterocycles. The van der Waals surface area contributed by atoms with Crippen LogP contribution < -0.4 is 9.86 Å². The molecular weight excluding hydrogens is 310 g/mol. The number of rotatable bonds is 5. The normalized spacial score (nSPS) is 19.7. The molecule has 0 bridgehead atoms. The number of amides is 1. The number of nitrogens with one attached hydrogen (secondary N) is 1. The number of piperidine rings is 1. The van der Waals surface area contributed by atoms with Crippen LogP contribution in [0.1, 0.15) is 34.3 Å². The molecule has 1 fully saturated rings. The van der Waals surface area contributed by atoms with Gasteiger partial charge in [0.1, 0.15) is 0 Å². The highest BCUT2D eigenvalue weighted by Crippen LogP contribution is 2.22. The average Bonchev–Trinajstić information content (AvgIpc) is 2.93. The highest BCUT2D eigenvalue weighted by atomic mass is 32.2. The highest BCUT2D eigenvalue weighted by molar-refractivity contribution is 7.87. The lowest BCUT2D eigenvalue weighted by molar-refractivity contribution is 0.0681. The van der Waals surface area contributed by atoms with E-state index >= 15 is 0 Å². The first-order valence-electron chi connectivity index (χ1n) is 7.04. The van der Waals surface area contributed by atoms with Crippen molar-refractivity contribution in [3.63, 3.8) is 0 Å². The summed E-state index contributed by atoms with van der Waals surface area (Å²) in [6.07, 6.45) is 2.71. The summed E-state index contributed by atoms with van der Waals surface area (Å²) in [4.78, 5) is 16.2. The largest absolute Gasteiger partial charge is 0.338 e. The van der Waals surface area contributed by atoms with Gasteiger partial charge in [0.25, 0.3) is 16.1 Å². The van der Waals surface area contributed by atoms with Crippen LogP contribution in [0.4, 0.5) is 0 Å². The molecule has 3 N–H and O–H groups in total. The first kappa shape index (κ1) is 16.4. The molecule has 2 heterocycles. The summed E-state index contributed by atoms with van der Waals surface area (Å²) in [7, 11) is -3.66. The topological polar surface area (TPSA) is 92.5 Å². The van der Waals surface area contributed by atoms with Gasteiger partial charge in [0.2, 0.25) is 0 Å². The fourth-order valence-corrected chi connectivity index (χ4v) is 3.87. The van der Waals surface area contributed by atoms with Crippen LogP contribution in [0.15, 0.2) is 12.1 Å². The summed E-state index contributed by atoms with van der Waals surface area (Å²) in [5.41, 5.74) is 0. The molecule has 8 heteroatoms. The number of nitrogens with two attached hydrogens (primary N) is 1. The van der Waals surface area contributed by atoms with E-state index in [1.807, 2.05) is 17.0 Å². The summed E-state index contributed by atoms with van der Waals surface area (Å²) >= 11 is 1.53. The third kappa shape index (κ3) is 4.77. The number of carbonyl (C=O) groups is 1. The summed E-state index contributed by atoms with van der Waals surface area (Å²) in [6.45, 7) is 3.65. The van der Waals surface area contributed by atoms with E-state index in [0.29, 0.717) is 6.54 Å². The smallest absolute Gasteiger partial charge is 0.274 e. The maximum atomic E-state index is 12.4. The number of thiophene rings is 1. The lowest BCUT2D eigenvalue weighted by Gasteiger charge is -2.32. The number of carbonyl (C=O) groups excluding carboxylic acids is 1. The zero-order valence-electron chi connectivity index (χ0n) is 12.0. The van der Waals surface area contributed by atoms with Gasteiger partial charge in [-0.15, -0.1) is 11.3 Å². The van der Waals surface area contributed by atoms with E-state index in [2.05, 4.69) is 11.6 Å². The van der Waals surface area contributed by atoms with Crippen molar-refractivity contribution in [3.05, 3.63) is 21.9 Å². The Morgan fingerprint density at radius 1 is 1.52 bits per heavy atom. The minimum Gasteiger partial charge on any atom is -0.338 e. The second kappa shape index (κ2) is 6.87. The zero-order chi connectivity index (χ0) is 15.5. The standard InChI is InChI=1S/C13H21N3O3S2/c1-2-11-5-6-12(20-11)13(17)16-7-3-4-10(9-16)8-15-21(14,18)19/h5-6,10,15H,2-4,7-9H2,1H3,(H2,14,18,19). The molecule has 21 heavy (non-hydrogen) atoms. The molecule has 0 spiro atoms. The molecule has 6 nitrogen and oxygen atoms in total. The van der Waals surface area contributed by atoms with Gasteiger partial charge in [-0.3, -0.25) is 4.79 Å². The lowest BCUT2D eigenvalue weighted by atomic mass is 9.98. The maximum Gasteiger partial charge on any atom is 0.274 e. The summed E-state index contributed by atoms with van der Waals surface area (Å²) in [6, 6.07) is 3.86. The predicted octanol–water partition coefficient (Wildman–Crippen LogP) is 0.956. The Hall–Kier alpha value is -0.960. The molecule has 0 aliphatic carbocycles. The molecule has 1 amide bonds. The molecule has 1 unspecified atom stereocenters. The zero-order valence-corrected chi connectivity index (χ0v) is 13.7. The molecular formula is C13H21N3O3S2. The van der Waals surface area contributed by atoms with Crippen LogP contribution in [0, 0.1) is 5.92 Å². The van der Waals surface area contributed by atoms with Crippen molar-refractivity contribution in [2.24, 2.45) is 11.1 Å². The molecule has 0 aromatic carbocycles. The minimum atomic E-state index is -3.66. The lowest BCUT2D eigenvalue weighted by Crippen LogP contribution is -2.44. The predicted molar refractivity (Wildman–Crippen MR) is 83.4 cm³/mol. The van der Waals surface area contributed by atoms with Crippen molar-refractivity contribution < 1.29 is 13.2 Å². The van der Waals surface area contributed by atoms with Crippen molar-refractivity contribution in [2.45, 2.75) is 26.2 Å². The Morgan fingerprint density at radius 3 is 2.90 bits per heavy atom. The van der Waals surface area contributed by atoms with Gasteiger partial charge >= 0.3 is 0 Å². The molecule has 1 aliphatic rings. The number of hydrogen-bond acceptors (Lipinski definition) is 4. The van der Waals surface area contributed by atoms with E-state index in [9.17, 15) is 13.2 Å². The van der Waals surface area contributed by atoms with E-state index < -0.39 is 10.2 Å². The quantitative estimate of drug-likeness (QED) is 0.841. The van der Waals surface area contributed by atoms with Crippen LogP contribution in [-0.2, 0) is 16.6 Å². The van der Waals surface area contributed by atoms with Crippen LogP contribution in [0.3, 0.4) is 0 Å². The summed E-state index contributed by atoms with van der Waals surface area (Å²) in [5, 5.41) is 4.94. The Labute approximate surface area is 129 Å². The highest BCUT2D eigenvalue weighted by Gasteiger charge is 2.25. The fourth-order valence-electron chi connectivity index (χ4n) is 2.49. The van der Waals surface area contributed by atoms with Crippen LogP contribution in [0.25, 0.3) is 0 Å². The summed E-state index contributed by atoms with van der Waals surface area (Å²) < 4.78 is 24.2. The van der Waals surface area contributed by atoms with E-state index in [1.54, 1.807) is 0 Å². The van der Waals surface area contributed by atoms with Crippen molar-refractivity contribution in [2.75, 3.05) is 19.6 Å². The molecule has 0 saturated carbocycles.